The van der Waals surface area contributed by atoms with Crippen LogP contribution in [0, 0.1) is 22.7 Å². The molecule has 2 saturated carbocycles. The van der Waals surface area contributed by atoms with Gasteiger partial charge in [0.25, 0.3) is 0 Å². The maximum atomic E-state index is 13.6. The van der Waals surface area contributed by atoms with Crippen LogP contribution in [-0.2, 0) is 33.3 Å². The molecule has 13 atom stereocenters. The molecule has 2 aliphatic carbocycles. The molecular weight excluding hydrogens is 516 g/mol. The second kappa shape index (κ2) is 9.23. The molecule has 0 aromatic carbocycles. The standard InChI is InChI=1S/C27H36O12/c1-25-9-14(12-6-7-35-11-12)36-22(32)13(25)8-18(38-23-21(31)20(30)19(29)15(10-28)37-23)26(2)16(25)4-5-17-27(26,39-17)24(33)34-3/h6-7,11,13-21,23,28-31H,4-5,8-10H2,1-3H3/t13-,14+,15-,16+,17-,18+,19-,20+,21-,23+,25-,26+,27+/m1/s1. The van der Waals surface area contributed by atoms with Gasteiger partial charge in [-0.05, 0) is 43.1 Å². The van der Waals surface area contributed by atoms with Gasteiger partial charge in [0.15, 0.2) is 11.9 Å². The van der Waals surface area contributed by atoms with Crippen molar-refractivity contribution in [1.29, 1.82) is 0 Å². The van der Waals surface area contributed by atoms with Crippen molar-refractivity contribution >= 4 is 11.9 Å². The normalized spacial score (nSPS) is 50.7. The van der Waals surface area contributed by atoms with Crippen LogP contribution in [0.5, 0.6) is 0 Å². The van der Waals surface area contributed by atoms with Gasteiger partial charge >= 0.3 is 11.9 Å². The molecule has 1 aromatic rings. The zero-order chi connectivity index (χ0) is 27.9. The summed E-state index contributed by atoms with van der Waals surface area (Å²) in [7, 11) is 1.30. The highest BCUT2D eigenvalue weighted by atomic mass is 16.7. The maximum Gasteiger partial charge on any atom is 0.341 e. The van der Waals surface area contributed by atoms with Crippen LogP contribution >= 0.6 is 0 Å². The molecule has 4 heterocycles. The number of aliphatic hydroxyl groups excluding tert-OH is 4. The first-order valence-corrected chi connectivity index (χ1v) is 13.5. The van der Waals surface area contributed by atoms with Gasteiger partial charge in [0.1, 0.15) is 30.5 Å². The third kappa shape index (κ3) is 3.62. The van der Waals surface area contributed by atoms with Gasteiger partial charge in [0.2, 0.25) is 0 Å². The number of carbonyl (C=O) groups is 2. The van der Waals surface area contributed by atoms with Gasteiger partial charge in [0, 0.05) is 11.0 Å². The fourth-order valence-electron chi connectivity index (χ4n) is 8.30. The number of carbonyl (C=O) groups excluding carboxylic acids is 2. The minimum absolute atomic E-state index is 0.129. The molecule has 0 unspecified atom stereocenters. The number of methoxy groups -OCH3 is 1. The first-order chi connectivity index (χ1) is 18.5. The molecule has 6 rings (SSSR count). The van der Waals surface area contributed by atoms with Crippen LogP contribution in [0.25, 0.3) is 0 Å². The predicted molar refractivity (Wildman–Crippen MR) is 127 cm³/mol. The van der Waals surface area contributed by atoms with Crippen molar-refractivity contribution in [3.63, 3.8) is 0 Å². The van der Waals surface area contributed by atoms with Gasteiger partial charge in [-0.1, -0.05) is 13.8 Å². The molecule has 39 heavy (non-hydrogen) atoms. The van der Waals surface area contributed by atoms with Crippen LogP contribution in [0.4, 0.5) is 0 Å². The molecule has 3 aliphatic heterocycles. The van der Waals surface area contributed by atoms with Crippen molar-refractivity contribution < 1.29 is 58.1 Å². The third-order valence-corrected chi connectivity index (χ3v) is 10.4. The molecule has 5 fully saturated rings. The number of fused-ring (bicyclic) bond motifs is 5. The van der Waals surface area contributed by atoms with E-state index in [1.807, 2.05) is 13.8 Å². The smallest absolute Gasteiger partial charge is 0.341 e. The Morgan fingerprint density at radius 2 is 1.92 bits per heavy atom. The summed E-state index contributed by atoms with van der Waals surface area (Å²) in [5.74, 6) is -1.79. The largest absolute Gasteiger partial charge is 0.472 e. The highest BCUT2D eigenvalue weighted by molar-refractivity contribution is 5.85. The molecule has 0 amide bonds. The summed E-state index contributed by atoms with van der Waals surface area (Å²) in [4.78, 5) is 26.9. The quantitative estimate of drug-likeness (QED) is 0.289. The molecular formula is C27H36O12. The zero-order valence-corrected chi connectivity index (χ0v) is 22.1. The second-order valence-electron chi connectivity index (χ2n) is 12.0. The molecule has 1 aromatic heterocycles. The molecule has 0 spiro atoms. The third-order valence-electron chi connectivity index (χ3n) is 10.4. The summed E-state index contributed by atoms with van der Waals surface area (Å²) >= 11 is 0. The number of esters is 2. The minimum Gasteiger partial charge on any atom is -0.472 e. The first-order valence-electron chi connectivity index (χ1n) is 13.5. The summed E-state index contributed by atoms with van der Waals surface area (Å²) < 4.78 is 34.5. The van der Waals surface area contributed by atoms with E-state index in [1.54, 1.807) is 12.3 Å². The summed E-state index contributed by atoms with van der Waals surface area (Å²) in [6, 6.07) is 1.77. The van der Waals surface area contributed by atoms with E-state index >= 15 is 0 Å². The fourth-order valence-corrected chi connectivity index (χ4v) is 8.30. The second-order valence-corrected chi connectivity index (χ2v) is 12.0. The first kappa shape index (κ1) is 27.1. The van der Waals surface area contributed by atoms with Crippen LogP contribution in [-0.4, -0.2) is 94.6 Å². The van der Waals surface area contributed by atoms with Gasteiger partial charge < -0.3 is 48.5 Å². The molecule has 4 N–H and O–H groups in total. The van der Waals surface area contributed by atoms with Gasteiger partial charge in [-0.3, -0.25) is 4.79 Å². The molecule has 5 aliphatic rings. The van der Waals surface area contributed by atoms with Gasteiger partial charge in [0.05, 0.1) is 44.4 Å². The number of epoxide rings is 1. The SMILES string of the molecule is COC(=O)[C@@]12O[C@@H]1CC[C@H]1[C@]3(C)C[C@@H](c4ccoc4)OC(=O)[C@H]3C[C@H](O[C@@H]3O[C@H](CO)[C@@H](O)[C@H](O)[C@H]3O)[C@]12C. The molecule has 0 bridgehead atoms. The number of cyclic esters (lactones) is 1. The number of hydrogen-bond donors (Lipinski definition) is 4. The van der Waals surface area contributed by atoms with Gasteiger partial charge in [-0.25, -0.2) is 4.79 Å². The lowest BCUT2D eigenvalue weighted by atomic mass is 9.42. The van der Waals surface area contributed by atoms with E-state index in [-0.39, 0.29) is 12.3 Å². The van der Waals surface area contributed by atoms with Crippen molar-refractivity contribution in [3.8, 4) is 0 Å². The van der Waals surface area contributed by atoms with Gasteiger partial charge in [-0.2, -0.15) is 0 Å². The molecule has 3 saturated heterocycles. The monoisotopic (exact) mass is 552 g/mol. The summed E-state index contributed by atoms with van der Waals surface area (Å²) in [5, 5.41) is 41.0. The fraction of sp³-hybridized carbons (Fsp3) is 0.778. The summed E-state index contributed by atoms with van der Waals surface area (Å²) in [6.07, 6.45) is -4.28. The van der Waals surface area contributed by atoms with E-state index in [1.165, 1.54) is 13.4 Å². The van der Waals surface area contributed by atoms with Crippen molar-refractivity contribution in [2.75, 3.05) is 13.7 Å². The average molecular weight is 553 g/mol. The van der Waals surface area contributed by atoms with Crippen LogP contribution in [0.1, 0.15) is 51.2 Å². The van der Waals surface area contributed by atoms with Crippen LogP contribution < -0.4 is 0 Å². The Morgan fingerprint density at radius 3 is 2.59 bits per heavy atom. The minimum atomic E-state index is -1.64. The number of ether oxygens (including phenoxy) is 5. The number of rotatable bonds is 5. The maximum absolute atomic E-state index is 13.6. The van der Waals surface area contributed by atoms with Crippen molar-refractivity contribution in [2.24, 2.45) is 22.7 Å². The highest BCUT2D eigenvalue weighted by Crippen LogP contribution is 2.72. The summed E-state index contributed by atoms with van der Waals surface area (Å²) in [6.45, 7) is 3.33. The Balaban J connectivity index is 1.40. The topological polar surface area (TPSA) is 178 Å². The molecule has 12 nitrogen and oxygen atoms in total. The summed E-state index contributed by atoms with van der Waals surface area (Å²) in [5.41, 5.74) is -2.21. The van der Waals surface area contributed by atoms with E-state index in [2.05, 4.69) is 0 Å². The Bertz CT molecular complexity index is 1110. The van der Waals surface area contributed by atoms with Crippen molar-refractivity contribution in [2.45, 2.75) is 94.1 Å². The Kier molecular flexibility index (Phi) is 6.42. The van der Waals surface area contributed by atoms with E-state index in [0.29, 0.717) is 19.3 Å². The predicted octanol–water partition coefficient (Wildman–Crippen LogP) is 0.206. The molecule has 216 valence electrons. The Morgan fingerprint density at radius 1 is 1.15 bits per heavy atom. The van der Waals surface area contributed by atoms with Crippen molar-refractivity contribution in [1.82, 2.24) is 0 Å². The van der Waals surface area contributed by atoms with Gasteiger partial charge in [-0.15, -0.1) is 0 Å². The number of furan rings is 1. The van der Waals surface area contributed by atoms with E-state index in [0.717, 1.165) is 5.56 Å². The lowest BCUT2D eigenvalue weighted by Gasteiger charge is -2.63. The Hall–Kier alpha value is -2.06. The van der Waals surface area contributed by atoms with E-state index < -0.39 is 89.9 Å². The number of aliphatic hydroxyl groups is 4. The lowest BCUT2D eigenvalue weighted by Crippen LogP contribution is -2.69. The van der Waals surface area contributed by atoms with Crippen LogP contribution in [0.3, 0.4) is 0 Å². The zero-order valence-electron chi connectivity index (χ0n) is 22.1. The average Bonchev–Trinajstić information content (AvgIpc) is 3.43. The molecule has 0 radical (unpaired) electrons. The van der Waals surface area contributed by atoms with E-state index in [4.69, 9.17) is 28.1 Å². The highest BCUT2D eigenvalue weighted by Gasteiger charge is 2.82. The van der Waals surface area contributed by atoms with Crippen LogP contribution in [0.2, 0.25) is 0 Å². The Labute approximate surface area is 225 Å². The van der Waals surface area contributed by atoms with Crippen LogP contribution in [0.15, 0.2) is 23.0 Å². The van der Waals surface area contributed by atoms with E-state index in [9.17, 15) is 30.0 Å². The molecule has 12 heteroatoms. The lowest BCUT2D eigenvalue weighted by molar-refractivity contribution is -0.336. The van der Waals surface area contributed by atoms with Crippen molar-refractivity contribution in [3.05, 3.63) is 24.2 Å². The number of hydrogen-bond acceptors (Lipinski definition) is 12.